The van der Waals surface area contributed by atoms with Gasteiger partial charge in [-0.1, -0.05) is 40.7 Å². The standard InChI is InChI=1S/C25H27BrO4/c1-19(2)25(28)30-18-6-4-3-5-17-29-23-14-7-20(8-15-23)9-16-24(27)21-10-12-22(26)13-11-21/h7-16H,1,3-6,17-18H2,2H3/b16-9+. The molecule has 0 saturated carbocycles. The van der Waals surface area contributed by atoms with Crippen molar-refractivity contribution in [1.82, 2.24) is 0 Å². The smallest absolute Gasteiger partial charge is 0.333 e. The minimum Gasteiger partial charge on any atom is -0.494 e. The molecule has 4 nitrogen and oxygen atoms in total. The lowest BCUT2D eigenvalue weighted by Gasteiger charge is -2.07. The Hall–Kier alpha value is -2.66. The van der Waals surface area contributed by atoms with E-state index in [1.165, 1.54) is 0 Å². The van der Waals surface area contributed by atoms with Crippen molar-refractivity contribution in [3.63, 3.8) is 0 Å². The van der Waals surface area contributed by atoms with Crippen LogP contribution in [0.5, 0.6) is 5.75 Å². The molecule has 158 valence electrons. The van der Waals surface area contributed by atoms with Gasteiger partial charge < -0.3 is 9.47 Å². The highest BCUT2D eigenvalue weighted by Gasteiger charge is 2.03. The lowest BCUT2D eigenvalue weighted by molar-refractivity contribution is -0.139. The summed E-state index contributed by atoms with van der Waals surface area (Å²) in [5.74, 6) is 0.452. The Bertz CT molecular complexity index is 867. The molecule has 0 atom stereocenters. The molecular weight excluding hydrogens is 444 g/mol. The molecule has 0 aliphatic heterocycles. The minimum atomic E-state index is -0.325. The average Bonchev–Trinajstić information content (AvgIpc) is 2.75. The van der Waals surface area contributed by atoms with Crippen molar-refractivity contribution >= 4 is 33.8 Å². The van der Waals surface area contributed by atoms with Crippen molar-refractivity contribution in [1.29, 1.82) is 0 Å². The van der Waals surface area contributed by atoms with Crippen molar-refractivity contribution in [3.05, 3.63) is 82.4 Å². The molecule has 0 N–H and O–H groups in total. The summed E-state index contributed by atoms with van der Waals surface area (Å²) >= 11 is 3.36. The summed E-state index contributed by atoms with van der Waals surface area (Å²) in [7, 11) is 0. The Kier molecular flexibility index (Phi) is 10.1. The van der Waals surface area contributed by atoms with Crippen molar-refractivity contribution in [2.45, 2.75) is 32.6 Å². The summed E-state index contributed by atoms with van der Waals surface area (Å²) < 4.78 is 11.8. The molecule has 2 aromatic carbocycles. The van der Waals surface area contributed by atoms with Crippen LogP contribution in [-0.4, -0.2) is 25.0 Å². The SMILES string of the molecule is C=C(C)C(=O)OCCCCCCOc1ccc(/C=C/C(=O)c2ccc(Br)cc2)cc1. The van der Waals surface area contributed by atoms with Crippen LogP contribution in [-0.2, 0) is 9.53 Å². The Morgan fingerprint density at radius 3 is 2.20 bits per heavy atom. The van der Waals surface area contributed by atoms with Gasteiger partial charge in [-0.3, -0.25) is 4.79 Å². The van der Waals surface area contributed by atoms with E-state index >= 15 is 0 Å². The second-order valence-corrected chi connectivity index (χ2v) is 7.87. The Morgan fingerprint density at radius 1 is 0.933 bits per heavy atom. The molecule has 0 heterocycles. The summed E-state index contributed by atoms with van der Waals surface area (Å²) in [6, 6.07) is 15.0. The number of carbonyl (C=O) groups is 2. The highest BCUT2D eigenvalue weighted by molar-refractivity contribution is 9.10. The van der Waals surface area contributed by atoms with Gasteiger partial charge in [0.15, 0.2) is 5.78 Å². The Morgan fingerprint density at radius 2 is 1.57 bits per heavy atom. The minimum absolute atomic E-state index is 0.0304. The molecule has 0 saturated heterocycles. The van der Waals surface area contributed by atoms with Crippen molar-refractivity contribution in [3.8, 4) is 5.75 Å². The highest BCUT2D eigenvalue weighted by Crippen LogP contribution is 2.15. The first-order chi connectivity index (χ1) is 14.5. The summed E-state index contributed by atoms with van der Waals surface area (Å²) in [6.45, 7) is 6.27. The predicted octanol–water partition coefficient (Wildman–Crippen LogP) is 6.40. The van der Waals surface area contributed by atoms with Gasteiger partial charge in [-0.2, -0.15) is 0 Å². The molecule has 2 aromatic rings. The third-order valence-electron chi connectivity index (χ3n) is 4.33. The van der Waals surface area contributed by atoms with E-state index in [-0.39, 0.29) is 11.8 Å². The van der Waals surface area contributed by atoms with E-state index < -0.39 is 0 Å². The second-order valence-electron chi connectivity index (χ2n) is 6.95. The number of rotatable bonds is 12. The first-order valence-electron chi connectivity index (χ1n) is 9.99. The normalized spacial score (nSPS) is 10.7. The second kappa shape index (κ2) is 12.8. The summed E-state index contributed by atoms with van der Waals surface area (Å²) in [4.78, 5) is 23.4. The number of carbonyl (C=O) groups excluding carboxylic acids is 2. The van der Waals surface area contributed by atoms with Crippen LogP contribution in [0.2, 0.25) is 0 Å². The molecule has 0 amide bonds. The van der Waals surface area contributed by atoms with Gasteiger partial charge in [0, 0.05) is 15.6 Å². The van der Waals surface area contributed by atoms with Gasteiger partial charge in [-0.25, -0.2) is 4.79 Å². The highest BCUT2D eigenvalue weighted by atomic mass is 79.9. The third-order valence-corrected chi connectivity index (χ3v) is 4.85. The number of ketones is 1. The van der Waals surface area contributed by atoms with E-state index in [1.54, 1.807) is 31.2 Å². The number of halogens is 1. The molecule has 0 aliphatic rings. The lowest BCUT2D eigenvalue weighted by Crippen LogP contribution is -2.06. The van der Waals surface area contributed by atoms with Crippen molar-refractivity contribution in [2.24, 2.45) is 0 Å². The van der Waals surface area contributed by atoms with E-state index in [0.29, 0.717) is 24.4 Å². The molecule has 0 aliphatic carbocycles. The van der Waals surface area contributed by atoms with Crippen molar-refractivity contribution < 1.29 is 19.1 Å². The zero-order valence-electron chi connectivity index (χ0n) is 17.2. The van der Waals surface area contributed by atoms with Gasteiger partial charge in [-0.15, -0.1) is 0 Å². The molecule has 5 heteroatoms. The lowest BCUT2D eigenvalue weighted by atomic mass is 10.1. The summed E-state index contributed by atoms with van der Waals surface area (Å²) in [5, 5.41) is 0. The fraction of sp³-hybridized carbons (Fsp3) is 0.280. The molecule has 0 radical (unpaired) electrons. The quantitative estimate of drug-likeness (QED) is 0.156. The van der Waals surface area contributed by atoms with Gasteiger partial charge >= 0.3 is 5.97 Å². The third kappa shape index (κ3) is 8.78. The van der Waals surface area contributed by atoms with Crippen LogP contribution in [0.4, 0.5) is 0 Å². The van der Waals surface area contributed by atoms with Crippen molar-refractivity contribution in [2.75, 3.05) is 13.2 Å². The van der Waals surface area contributed by atoms with E-state index in [1.807, 2.05) is 36.4 Å². The van der Waals surface area contributed by atoms with E-state index in [0.717, 1.165) is 41.5 Å². The first kappa shape index (κ1) is 23.6. The van der Waals surface area contributed by atoms with Gasteiger partial charge in [0.1, 0.15) is 5.75 Å². The number of unbranched alkanes of at least 4 members (excludes halogenated alkanes) is 3. The first-order valence-corrected chi connectivity index (χ1v) is 10.8. The maximum Gasteiger partial charge on any atom is 0.333 e. The van der Waals surface area contributed by atoms with Crippen LogP contribution in [0.3, 0.4) is 0 Å². The van der Waals surface area contributed by atoms with Crippen LogP contribution in [0.15, 0.2) is 71.2 Å². The van der Waals surface area contributed by atoms with Gasteiger partial charge in [0.25, 0.3) is 0 Å². The topological polar surface area (TPSA) is 52.6 Å². The van der Waals surface area contributed by atoms with E-state index in [4.69, 9.17) is 9.47 Å². The number of benzene rings is 2. The van der Waals surface area contributed by atoms with Gasteiger partial charge in [0.05, 0.1) is 13.2 Å². The Labute approximate surface area is 186 Å². The summed E-state index contributed by atoms with van der Waals surface area (Å²) in [5.41, 5.74) is 2.03. The molecule has 2 rings (SSSR count). The van der Waals surface area contributed by atoms with Crippen LogP contribution in [0.1, 0.15) is 48.5 Å². The molecular formula is C25H27BrO4. The van der Waals surface area contributed by atoms with Gasteiger partial charge in [-0.05, 0) is 80.6 Å². The zero-order valence-corrected chi connectivity index (χ0v) is 18.8. The van der Waals surface area contributed by atoms with Crippen LogP contribution >= 0.6 is 15.9 Å². The molecule has 0 spiro atoms. The average molecular weight is 471 g/mol. The predicted molar refractivity (Wildman–Crippen MR) is 124 cm³/mol. The number of hydrogen-bond donors (Lipinski definition) is 0. The number of hydrogen-bond acceptors (Lipinski definition) is 4. The molecule has 0 aromatic heterocycles. The monoisotopic (exact) mass is 470 g/mol. The fourth-order valence-corrected chi connectivity index (χ4v) is 2.86. The van der Waals surface area contributed by atoms with E-state index in [9.17, 15) is 9.59 Å². The molecule has 30 heavy (non-hydrogen) atoms. The Balaban J connectivity index is 1.63. The van der Waals surface area contributed by atoms with Gasteiger partial charge in [0.2, 0.25) is 0 Å². The molecule has 0 bridgehead atoms. The van der Waals surface area contributed by atoms with Crippen LogP contribution in [0, 0.1) is 0 Å². The largest absolute Gasteiger partial charge is 0.494 e. The maximum atomic E-state index is 12.2. The fourth-order valence-electron chi connectivity index (χ4n) is 2.59. The van der Waals surface area contributed by atoms with E-state index in [2.05, 4.69) is 22.5 Å². The summed E-state index contributed by atoms with van der Waals surface area (Å²) in [6.07, 6.45) is 7.17. The number of allylic oxidation sites excluding steroid dienone is 1. The van der Waals surface area contributed by atoms with Crippen LogP contribution in [0.25, 0.3) is 6.08 Å². The zero-order chi connectivity index (χ0) is 21.8. The number of esters is 1. The van der Waals surface area contributed by atoms with Crippen LogP contribution < -0.4 is 4.74 Å². The number of ether oxygens (including phenoxy) is 2. The molecule has 0 fully saturated rings. The molecule has 0 unspecified atom stereocenters. The maximum absolute atomic E-state index is 12.2.